The van der Waals surface area contributed by atoms with E-state index in [4.69, 9.17) is 5.73 Å². The molecule has 9 heteroatoms. The van der Waals surface area contributed by atoms with Crippen LogP contribution in [0.3, 0.4) is 0 Å². The third-order valence-electron chi connectivity index (χ3n) is 8.64. The molecule has 9 nitrogen and oxygen atoms in total. The summed E-state index contributed by atoms with van der Waals surface area (Å²) in [7, 11) is 4.02. The zero-order valence-electron chi connectivity index (χ0n) is 23.1. The third kappa shape index (κ3) is 6.31. The lowest BCUT2D eigenvalue weighted by Crippen LogP contribution is -2.51. The molecule has 0 radical (unpaired) electrons. The minimum Gasteiger partial charge on any atom is -0.350 e. The predicted octanol–water partition coefficient (Wildman–Crippen LogP) is 2.78. The summed E-state index contributed by atoms with van der Waals surface area (Å²) in [5.74, 6) is -0.260. The van der Waals surface area contributed by atoms with Gasteiger partial charge < -0.3 is 16.0 Å². The van der Waals surface area contributed by atoms with Crippen LogP contribution in [0.2, 0.25) is 0 Å². The van der Waals surface area contributed by atoms with Crippen LogP contribution in [-0.2, 0) is 29.6 Å². The zero-order valence-corrected chi connectivity index (χ0v) is 23.1. The summed E-state index contributed by atoms with van der Waals surface area (Å²) in [6.07, 6.45) is 8.05. The van der Waals surface area contributed by atoms with Gasteiger partial charge in [-0.1, -0.05) is 60.9 Å². The van der Waals surface area contributed by atoms with Gasteiger partial charge >= 0.3 is 0 Å². The normalized spacial score (nSPS) is 21.0. The molecule has 5 rings (SSSR count). The molecule has 2 heterocycles. The number of rotatable bonds is 9. The van der Waals surface area contributed by atoms with E-state index in [2.05, 4.69) is 39.7 Å². The summed E-state index contributed by atoms with van der Waals surface area (Å²) in [4.78, 5) is 31.4. The van der Waals surface area contributed by atoms with Crippen molar-refractivity contribution in [3.05, 3.63) is 59.7 Å². The van der Waals surface area contributed by atoms with Crippen LogP contribution in [0.4, 0.5) is 0 Å². The predicted molar refractivity (Wildman–Crippen MR) is 152 cm³/mol. The van der Waals surface area contributed by atoms with E-state index in [-0.39, 0.29) is 17.9 Å². The molecule has 1 aliphatic heterocycles. The molecule has 3 atom stereocenters. The maximum Gasteiger partial charge on any atom is 0.243 e. The molecule has 2 aromatic carbocycles. The van der Waals surface area contributed by atoms with E-state index >= 15 is 0 Å². The van der Waals surface area contributed by atoms with E-state index in [9.17, 15) is 9.59 Å². The molecule has 208 valence electrons. The van der Waals surface area contributed by atoms with Crippen molar-refractivity contribution in [1.29, 1.82) is 0 Å². The van der Waals surface area contributed by atoms with E-state index in [0.717, 1.165) is 28.6 Å². The SMILES string of the molecule is CN(C1CCCCC1)C1C[C@@H](C(=O)NCc2ccc3c(c2)nnn3C)N(C(=O)[C@H](N)CCc2ccccc2)C1. The first-order valence-electron chi connectivity index (χ1n) is 14.3. The number of carbonyl (C=O) groups is 2. The Hall–Kier alpha value is -3.30. The van der Waals surface area contributed by atoms with Crippen LogP contribution in [-0.4, -0.2) is 74.4 Å². The van der Waals surface area contributed by atoms with Crippen LogP contribution < -0.4 is 11.1 Å². The fourth-order valence-corrected chi connectivity index (χ4v) is 6.19. The van der Waals surface area contributed by atoms with E-state index in [1.807, 2.05) is 43.4 Å². The fraction of sp³-hybridized carbons (Fsp3) is 0.533. The largest absolute Gasteiger partial charge is 0.350 e. The number of aromatic nitrogens is 3. The van der Waals surface area contributed by atoms with Gasteiger partial charge in [-0.05, 0) is 62.4 Å². The summed E-state index contributed by atoms with van der Waals surface area (Å²) in [5, 5.41) is 11.3. The Morgan fingerprint density at radius 3 is 2.62 bits per heavy atom. The van der Waals surface area contributed by atoms with E-state index in [1.165, 1.54) is 32.1 Å². The molecule has 2 amide bonds. The minimum atomic E-state index is -0.640. The van der Waals surface area contributed by atoms with Crippen LogP contribution in [0.5, 0.6) is 0 Å². The second-order valence-corrected chi connectivity index (χ2v) is 11.2. The smallest absolute Gasteiger partial charge is 0.243 e. The van der Waals surface area contributed by atoms with Crippen molar-refractivity contribution in [2.24, 2.45) is 12.8 Å². The number of benzene rings is 2. The average molecular weight is 532 g/mol. The molecule has 1 unspecified atom stereocenters. The minimum absolute atomic E-state index is 0.127. The van der Waals surface area contributed by atoms with Gasteiger partial charge in [-0.15, -0.1) is 5.10 Å². The number of amides is 2. The lowest BCUT2D eigenvalue weighted by molar-refractivity contribution is -0.139. The number of aryl methyl sites for hydroxylation is 2. The standard InChI is InChI=1S/C30H41N7O2/c1-35(23-11-7-4-8-12-23)24-18-28(29(38)32-19-22-14-16-27-26(17-22)33-34-36(27)2)37(20-24)30(39)25(31)15-13-21-9-5-3-6-10-21/h3,5-6,9-10,14,16-17,23-25,28H,4,7-8,11-13,15,18-20,31H2,1-2H3,(H,32,38)/t24?,25-,28+/m1/s1. The van der Waals surface area contributed by atoms with Gasteiger partial charge in [0.05, 0.1) is 11.6 Å². The quantitative estimate of drug-likeness (QED) is 0.440. The number of nitrogens with two attached hydrogens (primary N) is 1. The molecule has 3 aromatic rings. The second kappa shape index (κ2) is 12.3. The summed E-state index contributed by atoms with van der Waals surface area (Å²) in [6, 6.07) is 15.4. The molecule has 1 aliphatic carbocycles. The lowest BCUT2D eigenvalue weighted by Gasteiger charge is -2.35. The van der Waals surface area contributed by atoms with Gasteiger partial charge in [0.1, 0.15) is 11.6 Å². The Balaban J connectivity index is 1.27. The number of likely N-dealkylation sites (N-methyl/N-ethyl adjacent to an activating group) is 1. The van der Waals surface area contributed by atoms with Crippen molar-refractivity contribution in [2.45, 2.75) is 82.1 Å². The van der Waals surface area contributed by atoms with Gasteiger partial charge in [0.2, 0.25) is 11.8 Å². The van der Waals surface area contributed by atoms with E-state index in [1.54, 1.807) is 9.58 Å². The molecule has 0 bridgehead atoms. The van der Waals surface area contributed by atoms with Gasteiger partial charge in [-0.2, -0.15) is 0 Å². The maximum atomic E-state index is 13.6. The van der Waals surface area contributed by atoms with Gasteiger partial charge in [-0.3, -0.25) is 14.5 Å². The van der Waals surface area contributed by atoms with Gasteiger partial charge in [-0.25, -0.2) is 4.68 Å². The highest BCUT2D eigenvalue weighted by molar-refractivity contribution is 5.90. The molecule has 2 fully saturated rings. The third-order valence-corrected chi connectivity index (χ3v) is 8.64. The first kappa shape index (κ1) is 27.3. The first-order valence-corrected chi connectivity index (χ1v) is 14.3. The summed E-state index contributed by atoms with van der Waals surface area (Å²) < 4.78 is 1.73. The second-order valence-electron chi connectivity index (χ2n) is 11.2. The first-order chi connectivity index (χ1) is 18.9. The number of nitrogens with zero attached hydrogens (tertiary/aromatic N) is 5. The summed E-state index contributed by atoms with van der Waals surface area (Å²) >= 11 is 0. The topological polar surface area (TPSA) is 109 Å². The average Bonchev–Trinajstić information content (AvgIpc) is 3.59. The van der Waals surface area contributed by atoms with Crippen molar-refractivity contribution in [1.82, 2.24) is 30.1 Å². The highest BCUT2D eigenvalue weighted by Crippen LogP contribution is 2.29. The van der Waals surface area contributed by atoms with Gasteiger partial charge in [0.25, 0.3) is 0 Å². The summed E-state index contributed by atoms with van der Waals surface area (Å²) in [5.41, 5.74) is 10.3. The van der Waals surface area contributed by atoms with Crippen molar-refractivity contribution in [3.63, 3.8) is 0 Å². The maximum absolute atomic E-state index is 13.6. The zero-order chi connectivity index (χ0) is 27.4. The Bertz CT molecular complexity index is 1270. The monoisotopic (exact) mass is 531 g/mol. The van der Waals surface area contributed by atoms with Crippen molar-refractivity contribution in [3.8, 4) is 0 Å². The Kier molecular flexibility index (Phi) is 8.57. The highest BCUT2D eigenvalue weighted by atomic mass is 16.2. The number of fused-ring (bicyclic) bond motifs is 1. The van der Waals surface area contributed by atoms with Crippen LogP contribution in [0.1, 0.15) is 56.1 Å². The Morgan fingerprint density at radius 2 is 1.85 bits per heavy atom. The molecular weight excluding hydrogens is 490 g/mol. The van der Waals surface area contributed by atoms with Gasteiger partial charge in [0, 0.05) is 32.2 Å². The van der Waals surface area contributed by atoms with E-state index < -0.39 is 12.1 Å². The Labute approximate surface area is 230 Å². The van der Waals surface area contributed by atoms with Crippen LogP contribution in [0.15, 0.2) is 48.5 Å². The van der Waals surface area contributed by atoms with Crippen LogP contribution in [0, 0.1) is 0 Å². The lowest BCUT2D eigenvalue weighted by atomic mass is 9.93. The van der Waals surface area contributed by atoms with Crippen molar-refractivity contribution in [2.75, 3.05) is 13.6 Å². The Morgan fingerprint density at radius 1 is 1.08 bits per heavy atom. The number of carbonyl (C=O) groups excluding carboxylic acids is 2. The number of likely N-dealkylation sites (tertiary alicyclic amines) is 1. The number of hydrogen-bond acceptors (Lipinski definition) is 6. The molecule has 2 aliphatic rings. The molecule has 1 saturated heterocycles. The van der Waals surface area contributed by atoms with Crippen molar-refractivity contribution < 1.29 is 9.59 Å². The molecule has 1 aromatic heterocycles. The van der Waals surface area contributed by atoms with Crippen LogP contribution in [0.25, 0.3) is 11.0 Å². The summed E-state index contributed by atoms with van der Waals surface area (Å²) in [6.45, 7) is 0.904. The number of hydrogen-bond donors (Lipinski definition) is 2. The van der Waals surface area contributed by atoms with Gasteiger partial charge in [0.15, 0.2) is 0 Å². The molecular formula is C30H41N7O2. The number of nitrogens with one attached hydrogen (secondary N) is 1. The highest BCUT2D eigenvalue weighted by Gasteiger charge is 2.43. The molecule has 0 spiro atoms. The van der Waals surface area contributed by atoms with Crippen molar-refractivity contribution >= 4 is 22.8 Å². The molecule has 1 saturated carbocycles. The van der Waals surface area contributed by atoms with E-state index in [0.29, 0.717) is 32.0 Å². The van der Waals surface area contributed by atoms with Crippen LogP contribution >= 0.6 is 0 Å². The molecule has 3 N–H and O–H groups in total. The molecule has 39 heavy (non-hydrogen) atoms. The fourth-order valence-electron chi connectivity index (χ4n) is 6.19.